The van der Waals surface area contributed by atoms with Gasteiger partial charge in [0.05, 0.1) is 6.04 Å². The first kappa shape index (κ1) is 12.5. The Bertz CT molecular complexity index is 414. The number of halogens is 2. The lowest BCUT2D eigenvalue weighted by atomic mass is 10.1. The summed E-state index contributed by atoms with van der Waals surface area (Å²) >= 11 is 7.56. The van der Waals surface area contributed by atoms with Crippen LogP contribution in [0.1, 0.15) is 16.5 Å². The molecule has 1 aromatic heterocycles. The smallest absolute Gasteiger partial charge is 0.0646 e. The fourth-order valence-electron chi connectivity index (χ4n) is 1.33. The topological polar surface area (TPSA) is 26.0 Å². The number of hydrogen-bond acceptors (Lipinski definition) is 2. The van der Waals surface area contributed by atoms with E-state index >= 15 is 0 Å². The first-order valence-electron chi connectivity index (χ1n) is 4.32. The Morgan fingerprint density at radius 2 is 2.00 bits per heavy atom. The van der Waals surface area contributed by atoms with E-state index in [1.165, 1.54) is 0 Å². The highest BCUT2D eigenvalue weighted by atomic mass is 35.5. The van der Waals surface area contributed by atoms with Crippen molar-refractivity contribution in [2.24, 2.45) is 5.73 Å². The molecule has 0 aliphatic carbocycles. The van der Waals surface area contributed by atoms with Gasteiger partial charge in [-0.3, -0.25) is 0 Å². The molecule has 0 unspecified atom stereocenters. The maximum absolute atomic E-state index is 6.08. The quantitative estimate of drug-likeness (QED) is 0.871. The predicted molar refractivity (Wildman–Crippen MR) is 69.0 cm³/mol. The van der Waals surface area contributed by atoms with Crippen LogP contribution in [0.3, 0.4) is 0 Å². The summed E-state index contributed by atoms with van der Waals surface area (Å²) in [4.78, 5) is 1.16. The monoisotopic (exact) mass is 259 g/mol. The molecule has 0 amide bonds. The highest BCUT2D eigenvalue weighted by Gasteiger charge is 2.09. The van der Waals surface area contributed by atoms with Crippen LogP contribution in [0.25, 0.3) is 0 Å². The molecule has 2 rings (SSSR count). The molecule has 0 aliphatic heterocycles. The number of rotatable bonds is 2. The Balaban J connectivity index is 0.00000112. The van der Waals surface area contributed by atoms with Gasteiger partial charge in [0.1, 0.15) is 0 Å². The van der Waals surface area contributed by atoms with E-state index in [1.54, 1.807) is 11.3 Å². The molecule has 1 atom stereocenters. The van der Waals surface area contributed by atoms with Crippen molar-refractivity contribution in [1.29, 1.82) is 0 Å². The van der Waals surface area contributed by atoms with Gasteiger partial charge in [-0.25, -0.2) is 0 Å². The molecule has 0 aliphatic rings. The van der Waals surface area contributed by atoms with Crippen LogP contribution in [0.2, 0.25) is 5.02 Å². The minimum Gasteiger partial charge on any atom is -0.320 e. The standard InChI is InChI=1S/C11H10ClNS.ClH/c12-9-4-1-3-8(7-9)11(13)10-5-2-6-14-10;/h1-7,11H,13H2;1H/t11-;/m1./s1. The van der Waals surface area contributed by atoms with Crippen molar-refractivity contribution in [3.05, 3.63) is 57.2 Å². The Morgan fingerprint density at radius 3 is 2.60 bits per heavy atom. The average Bonchev–Trinajstić information content (AvgIpc) is 2.69. The normalized spacial score (nSPS) is 11.9. The molecule has 2 N–H and O–H groups in total. The molecule has 15 heavy (non-hydrogen) atoms. The first-order valence-corrected chi connectivity index (χ1v) is 5.57. The molecule has 80 valence electrons. The van der Waals surface area contributed by atoms with Gasteiger partial charge < -0.3 is 5.73 Å². The zero-order chi connectivity index (χ0) is 9.97. The molecular weight excluding hydrogens is 249 g/mol. The summed E-state index contributed by atoms with van der Waals surface area (Å²) in [5, 5.41) is 2.76. The van der Waals surface area contributed by atoms with Crippen LogP contribution < -0.4 is 5.73 Å². The zero-order valence-electron chi connectivity index (χ0n) is 7.89. The van der Waals surface area contributed by atoms with Crippen LogP contribution in [0.4, 0.5) is 0 Å². The Kier molecular flexibility index (Phi) is 4.61. The Hall–Kier alpha value is -0.540. The lowest BCUT2D eigenvalue weighted by molar-refractivity contribution is 0.894. The SMILES string of the molecule is Cl.N[C@H](c1cccc(Cl)c1)c1cccs1. The molecule has 4 heteroatoms. The molecule has 0 radical (unpaired) electrons. The van der Waals surface area contributed by atoms with Crippen LogP contribution in [-0.4, -0.2) is 0 Å². The minimum absolute atomic E-state index is 0. The Labute approximate surface area is 104 Å². The summed E-state index contributed by atoms with van der Waals surface area (Å²) in [7, 11) is 0. The molecule has 1 nitrogen and oxygen atoms in total. The fourth-order valence-corrected chi connectivity index (χ4v) is 2.29. The second-order valence-corrected chi connectivity index (χ2v) is 4.46. The van der Waals surface area contributed by atoms with Gasteiger partial charge in [0.25, 0.3) is 0 Å². The van der Waals surface area contributed by atoms with E-state index in [9.17, 15) is 0 Å². The summed E-state index contributed by atoms with van der Waals surface area (Å²) in [6, 6.07) is 11.7. The van der Waals surface area contributed by atoms with E-state index in [0.29, 0.717) is 0 Å². The highest BCUT2D eigenvalue weighted by Crippen LogP contribution is 2.25. The third kappa shape index (κ3) is 2.95. The summed E-state index contributed by atoms with van der Waals surface area (Å²) in [5.41, 5.74) is 7.14. The molecule has 2 aromatic rings. The fraction of sp³-hybridized carbons (Fsp3) is 0.0909. The highest BCUT2D eigenvalue weighted by molar-refractivity contribution is 7.10. The van der Waals surface area contributed by atoms with E-state index in [2.05, 4.69) is 0 Å². The molecule has 1 aromatic carbocycles. The lowest BCUT2D eigenvalue weighted by Gasteiger charge is -2.09. The van der Waals surface area contributed by atoms with Crippen LogP contribution >= 0.6 is 35.3 Å². The third-order valence-corrected chi connectivity index (χ3v) is 3.25. The molecule has 0 saturated carbocycles. The summed E-state index contributed by atoms with van der Waals surface area (Å²) in [5.74, 6) is 0. The van der Waals surface area contributed by atoms with Gasteiger partial charge in [0.15, 0.2) is 0 Å². The van der Waals surface area contributed by atoms with Crippen LogP contribution in [0.5, 0.6) is 0 Å². The largest absolute Gasteiger partial charge is 0.320 e. The van der Waals surface area contributed by atoms with E-state index < -0.39 is 0 Å². The summed E-state index contributed by atoms with van der Waals surface area (Å²) < 4.78 is 0. The molecule has 0 spiro atoms. The number of benzene rings is 1. The van der Waals surface area contributed by atoms with Gasteiger partial charge in [-0.15, -0.1) is 23.7 Å². The molecule has 0 fully saturated rings. The van der Waals surface area contributed by atoms with E-state index in [4.69, 9.17) is 17.3 Å². The first-order chi connectivity index (χ1) is 6.77. The van der Waals surface area contributed by atoms with Gasteiger partial charge in [0.2, 0.25) is 0 Å². The van der Waals surface area contributed by atoms with E-state index in [0.717, 1.165) is 15.5 Å². The Morgan fingerprint density at radius 1 is 1.20 bits per heavy atom. The van der Waals surface area contributed by atoms with Crippen LogP contribution in [0, 0.1) is 0 Å². The van der Waals surface area contributed by atoms with E-state index in [-0.39, 0.29) is 18.4 Å². The van der Waals surface area contributed by atoms with Crippen molar-refractivity contribution in [2.45, 2.75) is 6.04 Å². The van der Waals surface area contributed by atoms with Gasteiger partial charge in [-0.05, 0) is 29.1 Å². The average molecular weight is 260 g/mol. The van der Waals surface area contributed by atoms with E-state index in [1.807, 2.05) is 41.8 Å². The van der Waals surface area contributed by atoms with Gasteiger partial charge in [0, 0.05) is 9.90 Å². The van der Waals surface area contributed by atoms with Crippen molar-refractivity contribution in [2.75, 3.05) is 0 Å². The maximum atomic E-state index is 6.08. The molecule has 0 bridgehead atoms. The second kappa shape index (κ2) is 5.52. The van der Waals surface area contributed by atoms with Crippen molar-refractivity contribution in [3.63, 3.8) is 0 Å². The molecule has 0 saturated heterocycles. The van der Waals surface area contributed by atoms with Gasteiger partial charge in [-0.1, -0.05) is 29.8 Å². The van der Waals surface area contributed by atoms with Crippen molar-refractivity contribution < 1.29 is 0 Å². The number of thiophene rings is 1. The second-order valence-electron chi connectivity index (χ2n) is 3.05. The van der Waals surface area contributed by atoms with Gasteiger partial charge >= 0.3 is 0 Å². The maximum Gasteiger partial charge on any atom is 0.0646 e. The van der Waals surface area contributed by atoms with Crippen LogP contribution in [0.15, 0.2) is 41.8 Å². The summed E-state index contributed by atoms with van der Waals surface area (Å²) in [6.07, 6.45) is 0. The zero-order valence-corrected chi connectivity index (χ0v) is 10.3. The molecule has 1 heterocycles. The lowest BCUT2D eigenvalue weighted by Crippen LogP contribution is -2.09. The molecular formula is C11H11Cl2NS. The number of nitrogens with two attached hydrogens (primary N) is 1. The third-order valence-electron chi connectivity index (χ3n) is 2.06. The number of hydrogen-bond donors (Lipinski definition) is 1. The predicted octanol–water partition coefficient (Wildman–Crippen LogP) is 3.87. The van der Waals surface area contributed by atoms with Crippen molar-refractivity contribution >= 4 is 35.3 Å². The minimum atomic E-state index is -0.0614. The van der Waals surface area contributed by atoms with Gasteiger partial charge in [-0.2, -0.15) is 0 Å². The van der Waals surface area contributed by atoms with Crippen molar-refractivity contribution in [1.82, 2.24) is 0 Å². The van der Waals surface area contributed by atoms with Crippen LogP contribution in [-0.2, 0) is 0 Å². The van der Waals surface area contributed by atoms with Crippen molar-refractivity contribution in [3.8, 4) is 0 Å². The summed E-state index contributed by atoms with van der Waals surface area (Å²) in [6.45, 7) is 0.